The van der Waals surface area contributed by atoms with Gasteiger partial charge in [0, 0.05) is 5.56 Å². The highest BCUT2D eigenvalue weighted by Gasteiger charge is 2.24. The molecule has 1 aliphatic rings. The molecule has 1 aromatic carbocycles. The van der Waals surface area contributed by atoms with Crippen LogP contribution in [0.2, 0.25) is 0 Å². The summed E-state index contributed by atoms with van der Waals surface area (Å²) in [5, 5.41) is 8.95. The predicted octanol–water partition coefficient (Wildman–Crippen LogP) is 2.16. The molecule has 0 unspecified atom stereocenters. The van der Waals surface area contributed by atoms with Crippen LogP contribution in [-0.4, -0.2) is 17.7 Å². The minimum absolute atomic E-state index is 0.232. The maximum Gasteiger partial charge on any atom is 0.339 e. The molecule has 0 spiro atoms. The van der Waals surface area contributed by atoms with E-state index in [4.69, 9.17) is 9.84 Å². The first-order valence-corrected chi connectivity index (χ1v) is 4.79. The molecule has 15 heavy (non-hydrogen) atoms. The molecule has 0 aromatic heterocycles. The van der Waals surface area contributed by atoms with Gasteiger partial charge in [-0.15, -0.1) is 0 Å². The molecular formula is C11H11FO3. The van der Waals surface area contributed by atoms with Crippen molar-refractivity contribution >= 4 is 5.97 Å². The number of benzene rings is 1. The Morgan fingerprint density at radius 1 is 1.60 bits per heavy atom. The van der Waals surface area contributed by atoms with Gasteiger partial charge in [-0.3, -0.25) is 0 Å². The van der Waals surface area contributed by atoms with Crippen LogP contribution in [0.5, 0.6) is 5.75 Å². The lowest BCUT2D eigenvalue weighted by molar-refractivity contribution is 0.0688. The molecular weight excluding hydrogens is 199 g/mol. The quantitative estimate of drug-likeness (QED) is 0.772. The van der Waals surface area contributed by atoms with Crippen molar-refractivity contribution in [1.82, 2.24) is 0 Å². The van der Waals surface area contributed by atoms with Crippen LogP contribution < -0.4 is 4.74 Å². The average Bonchev–Trinajstić information content (AvgIpc) is 2.19. The summed E-state index contributed by atoms with van der Waals surface area (Å²) in [4.78, 5) is 11.0. The topological polar surface area (TPSA) is 46.5 Å². The van der Waals surface area contributed by atoms with E-state index in [0.29, 0.717) is 29.9 Å². The van der Waals surface area contributed by atoms with Crippen LogP contribution in [0.15, 0.2) is 6.07 Å². The summed E-state index contributed by atoms with van der Waals surface area (Å²) in [6, 6.07) is 1.57. The van der Waals surface area contributed by atoms with Crippen molar-refractivity contribution < 1.29 is 19.0 Å². The molecule has 3 nitrogen and oxygen atoms in total. The molecule has 4 heteroatoms. The fourth-order valence-corrected chi connectivity index (χ4v) is 1.83. The molecule has 0 radical (unpaired) electrons. The number of aryl methyl sites for hydroxylation is 1. The minimum Gasteiger partial charge on any atom is -0.493 e. The maximum atomic E-state index is 13.6. The van der Waals surface area contributed by atoms with Crippen molar-refractivity contribution in [2.24, 2.45) is 0 Å². The lowest BCUT2D eigenvalue weighted by Crippen LogP contribution is -2.15. The molecule has 2 rings (SSSR count). The first kappa shape index (κ1) is 9.96. The van der Waals surface area contributed by atoms with E-state index in [9.17, 15) is 9.18 Å². The van der Waals surface area contributed by atoms with E-state index in [1.54, 1.807) is 13.0 Å². The van der Waals surface area contributed by atoms with E-state index in [1.165, 1.54) is 0 Å². The number of fused-ring (bicyclic) bond motifs is 1. The van der Waals surface area contributed by atoms with Crippen molar-refractivity contribution in [3.63, 3.8) is 0 Å². The third-order valence-electron chi connectivity index (χ3n) is 2.56. The lowest BCUT2D eigenvalue weighted by atomic mass is 9.97. The van der Waals surface area contributed by atoms with Crippen molar-refractivity contribution in [3.05, 3.63) is 28.6 Å². The molecule has 1 N–H and O–H groups in total. The molecule has 1 aromatic rings. The summed E-state index contributed by atoms with van der Waals surface area (Å²) in [5.74, 6) is -1.36. The molecule has 0 saturated carbocycles. The van der Waals surface area contributed by atoms with E-state index in [0.717, 1.165) is 6.42 Å². The number of hydrogen-bond acceptors (Lipinski definition) is 2. The first-order chi connectivity index (χ1) is 7.11. The summed E-state index contributed by atoms with van der Waals surface area (Å²) in [6.07, 6.45) is 1.30. The van der Waals surface area contributed by atoms with E-state index in [2.05, 4.69) is 0 Å². The average molecular weight is 210 g/mol. The van der Waals surface area contributed by atoms with Crippen molar-refractivity contribution in [3.8, 4) is 5.75 Å². The Hall–Kier alpha value is -1.58. The van der Waals surface area contributed by atoms with Gasteiger partial charge in [0.05, 0.1) is 6.61 Å². The number of halogens is 1. The smallest absolute Gasteiger partial charge is 0.339 e. The second kappa shape index (κ2) is 3.53. The second-order valence-corrected chi connectivity index (χ2v) is 3.62. The van der Waals surface area contributed by atoms with Crippen LogP contribution in [0.25, 0.3) is 0 Å². The van der Waals surface area contributed by atoms with Crippen molar-refractivity contribution in [1.29, 1.82) is 0 Å². The number of carbonyl (C=O) groups is 1. The Balaban J connectivity index is 2.68. The zero-order valence-electron chi connectivity index (χ0n) is 8.34. The molecule has 0 atom stereocenters. The molecule has 1 aliphatic heterocycles. The normalized spacial score (nSPS) is 14.3. The maximum absolute atomic E-state index is 13.6. The van der Waals surface area contributed by atoms with Gasteiger partial charge in [-0.05, 0) is 31.4 Å². The van der Waals surface area contributed by atoms with E-state index < -0.39 is 11.8 Å². The van der Waals surface area contributed by atoms with Gasteiger partial charge in [0.15, 0.2) is 0 Å². The lowest BCUT2D eigenvalue weighted by Gasteiger charge is -2.20. The minimum atomic E-state index is -1.22. The van der Waals surface area contributed by atoms with Gasteiger partial charge in [-0.1, -0.05) is 0 Å². The number of aromatic carboxylic acids is 1. The summed E-state index contributed by atoms with van der Waals surface area (Å²) in [6.45, 7) is 2.11. The van der Waals surface area contributed by atoms with Crippen LogP contribution in [0.1, 0.15) is 27.9 Å². The second-order valence-electron chi connectivity index (χ2n) is 3.62. The van der Waals surface area contributed by atoms with Crippen LogP contribution >= 0.6 is 0 Å². The van der Waals surface area contributed by atoms with E-state index in [-0.39, 0.29) is 5.56 Å². The van der Waals surface area contributed by atoms with Crippen molar-refractivity contribution in [2.45, 2.75) is 19.8 Å². The number of carboxylic acid groups (broad SMARTS) is 1. The Bertz CT molecular complexity index is 426. The van der Waals surface area contributed by atoms with Gasteiger partial charge in [0.2, 0.25) is 0 Å². The Morgan fingerprint density at radius 3 is 3.00 bits per heavy atom. The van der Waals surface area contributed by atoms with Crippen LogP contribution in [0, 0.1) is 12.7 Å². The molecule has 0 saturated heterocycles. The third-order valence-corrected chi connectivity index (χ3v) is 2.56. The van der Waals surface area contributed by atoms with Crippen LogP contribution in [-0.2, 0) is 6.42 Å². The number of hydrogen-bond donors (Lipinski definition) is 1. The summed E-state index contributed by atoms with van der Waals surface area (Å²) in [5.41, 5.74) is 0.564. The van der Waals surface area contributed by atoms with E-state index in [1.807, 2.05) is 0 Å². The largest absolute Gasteiger partial charge is 0.493 e. The SMILES string of the molecule is Cc1cc2c(c(C(=O)O)c1F)CCCO2. The Morgan fingerprint density at radius 2 is 2.33 bits per heavy atom. The standard InChI is InChI=1S/C11H11FO3/c1-6-5-8-7(3-2-4-15-8)9(10(6)12)11(13)14/h5H,2-4H2,1H3,(H,13,14). The summed E-state index contributed by atoms with van der Waals surface area (Å²) < 4.78 is 18.9. The highest BCUT2D eigenvalue weighted by atomic mass is 19.1. The zero-order valence-corrected chi connectivity index (χ0v) is 8.34. The van der Waals surface area contributed by atoms with Gasteiger partial charge >= 0.3 is 5.97 Å². The van der Waals surface area contributed by atoms with Crippen LogP contribution in [0.3, 0.4) is 0 Å². The van der Waals surface area contributed by atoms with Gasteiger partial charge in [-0.2, -0.15) is 0 Å². The van der Waals surface area contributed by atoms with Gasteiger partial charge < -0.3 is 9.84 Å². The number of rotatable bonds is 1. The molecule has 0 amide bonds. The third kappa shape index (κ3) is 1.56. The first-order valence-electron chi connectivity index (χ1n) is 4.79. The van der Waals surface area contributed by atoms with Gasteiger partial charge in [0.25, 0.3) is 0 Å². The van der Waals surface area contributed by atoms with Crippen LogP contribution in [0.4, 0.5) is 4.39 Å². The highest BCUT2D eigenvalue weighted by molar-refractivity contribution is 5.91. The Labute approximate surface area is 86.5 Å². The van der Waals surface area contributed by atoms with Gasteiger partial charge in [0.1, 0.15) is 17.1 Å². The predicted molar refractivity (Wildman–Crippen MR) is 51.9 cm³/mol. The molecule has 80 valence electrons. The molecule has 0 bridgehead atoms. The number of carboxylic acids is 1. The molecule has 0 aliphatic carbocycles. The molecule has 1 heterocycles. The van der Waals surface area contributed by atoms with Gasteiger partial charge in [-0.25, -0.2) is 9.18 Å². The summed E-state index contributed by atoms with van der Waals surface area (Å²) in [7, 11) is 0. The van der Waals surface area contributed by atoms with Crippen molar-refractivity contribution in [2.75, 3.05) is 6.61 Å². The fraction of sp³-hybridized carbons (Fsp3) is 0.364. The highest BCUT2D eigenvalue weighted by Crippen LogP contribution is 2.31. The van der Waals surface area contributed by atoms with E-state index >= 15 is 0 Å². The monoisotopic (exact) mass is 210 g/mol. The zero-order chi connectivity index (χ0) is 11.0. The fourth-order valence-electron chi connectivity index (χ4n) is 1.83. The Kier molecular flexibility index (Phi) is 2.34. The summed E-state index contributed by atoms with van der Waals surface area (Å²) >= 11 is 0. The number of ether oxygens (including phenoxy) is 1. The molecule has 0 fully saturated rings.